The molecule has 0 heterocycles. The molecule has 0 radical (unpaired) electrons. The lowest BCUT2D eigenvalue weighted by Crippen LogP contribution is -2.09. The van der Waals surface area contributed by atoms with Crippen LogP contribution in [-0.4, -0.2) is 20.8 Å². The molecule has 4 nitrogen and oxygen atoms in total. The van der Waals surface area contributed by atoms with Gasteiger partial charge in [-0.05, 0) is 24.6 Å². The van der Waals surface area contributed by atoms with Gasteiger partial charge in [0.15, 0.2) is 0 Å². The molecule has 0 aliphatic carbocycles. The van der Waals surface area contributed by atoms with Crippen molar-refractivity contribution in [3.63, 3.8) is 0 Å². The molecule has 0 bridgehead atoms. The lowest BCUT2D eigenvalue weighted by molar-refractivity contribution is 0.339. The Morgan fingerprint density at radius 2 is 2.19 bits per heavy atom. The van der Waals surface area contributed by atoms with Crippen LogP contribution in [0, 0.1) is 18.3 Å². The van der Waals surface area contributed by atoms with Gasteiger partial charge in [-0.25, -0.2) is 8.42 Å². The number of benzene rings is 1. The summed E-state index contributed by atoms with van der Waals surface area (Å²) < 4.78 is 26.6. The predicted octanol–water partition coefficient (Wildman–Crippen LogP) is 1.81. The molecule has 0 fully saturated rings. The van der Waals surface area contributed by atoms with Crippen LogP contribution >= 0.6 is 10.7 Å². The Kier molecular flexibility index (Phi) is 4.16. The molecule has 0 aromatic heterocycles. The van der Waals surface area contributed by atoms with Gasteiger partial charge in [-0.2, -0.15) is 5.26 Å². The van der Waals surface area contributed by atoms with Crippen molar-refractivity contribution in [3.8, 4) is 11.8 Å². The number of halogens is 1. The van der Waals surface area contributed by atoms with Crippen LogP contribution in [0.5, 0.6) is 5.75 Å². The van der Waals surface area contributed by atoms with Crippen molar-refractivity contribution in [1.82, 2.24) is 0 Å². The van der Waals surface area contributed by atoms with Crippen LogP contribution < -0.4 is 4.74 Å². The number of nitrogens with zero attached hydrogens (tertiary/aromatic N) is 1. The Hall–Kier alpha value is -1.25. The van der Waals surface area contributed by atoms with Gasteiger partial charge in [0.25, 0.3) is 0 Å². The van der Waals surface area contributed by atoms with E-state index < -0.39 is 9.05 Å². The summed E-state index contributed by atoms with van der Waals surface area (Å²) in [6, 6.07) is 6.95. The average molecular weight is 260 g/mol. The summed E-state index contributed by atoms with van der Waals surface area (Å²) in [5.41, 5.74) is 1.31. The summed E-state index contributed by atoms with van der Waals surface area (Å²) in [5.74, 6) is 0.240. The van der Waals surface area contributed by atoms with Gasteiger partial charge in [0.1, 0.15) is 12.4 Å². The second kappa shape index (κ2) is 5.19. The van der Waals surface area contributed by atoms with E-state index in [2.05, 4.69) is 0 Å². The summed E-state index contributed by atoms with van der Waals surface area (Å²) in [7, 11) is 1.50. The number of rotatable bonds is 4. The van der Waals surface area contributed by atoms with E-state index in [1.807, 2.05) is 13.0 Å². The standard InChI is InChI=1S/C10H10ClNO3S/c1-8-2-3-9(7-12)6-10(8)15-4-5-16(11,13)14/h2-3,6H,4-5H2,1H3. The average Bonchev–Trinajstić information content (AvgIpc) is 2.19. The number of hydrogen-bond donors (Lipinski definition) is 0. The van der Waals surface area contributed by atoms with Crippen LogP contribution in [0.25, 0.3) is 0 Å². The number of ether oxygens (including phenoxy) is 1. The van der Waals surface area contributed by atoms with Gasteiger partial charge >= 0.3 is 0 Å². The molecule has 16 heavy (non-hydrogen) atoms. The highest BCUT2D eigenvalue weighted by Crippen LogP contribution is 2.19. The molecule has 1 aromatic carbocycles. The van der Waals surface area contributed by atoms with Crippen molar-refractivity contribution >= 4 is 19.7 Å². The third-order valence-electron chi connectivity index (χ3n) is 1.90. The molecule has 0 saturated carbocycles. The highest BCUT2D eigenvalue weighted by molar-refractivity contribution is 8.13. The maximum atomic E-state index is 10.7. The normalized spacial score (nSPS) is 10.8. The monoisotopic (exact) mass is 259 g/mol. The highest BCUT2D eigenvalue weighted by Gasteiger charge is 2.07. The van der Waals surface area contributed by atoms with Crippen molar-refractivity contribution in [2.45, 2.75) is 6.92 Å². The molecule has 0 saturated heterocycles. The number of nitriles is 1. The Morgan fingerprint density at radius 3 is 2.75 bits per heavy atom. The minimum atomic E-state index is -3.54. The molecule has 0 aliphatic heterocycles. The van der Waals surface area contributed by atoms with Gasteiger partial charge in [0.2, 0.25) is 9.05 Å². The number of aryl methyl sites for hydroxylation is 1. The number of hydrogen-bond acceptors (Lipinski definition) is 4. The summed E-state index contributed by atoms with van der Waals surface area (Å²) >= 11 is 0. The van der Waals surface area contributed by atoms with Crippen LogP contribution in [0.1, 0.15) is 11.1 Å². The molecule has 86 valence electrons. The molecule has 6 heteroatoms. The first-order valence-corrected chi connectivity index (χ1v) is 6.96. The Bertz CT molecular complexity index is 519. The van der Waals surface area contributed by atoms with Crippen LogP contribution in [0.15, 0.2) is 18.2 Å². The highest BCUT2D eigenvalue weighted by atomic mass is 35.7. The fourth-order valence-electron chi connectivity index (χ4n) is 1.08. The second-order valence-corrected chi connectivity index (χ2v) is 6.08. The van der Waals surface area contributed by atoms with E-state index in [4.69, 9.17) is 20.7 Å². The van der Waals surface area contributed by atoms with E-state index in [9.17, 15) is 8.42 Å². The van der Waals surface area contributed by atoms with Crippen molar-refractivity contribution in [2.75, 3.05) is 12.4 Å². The third-order valence-corrected chi connectivity index (χ3v) is 3.02. The Balaban J connectivity index is 2.71. The van der Waals surface area contributed by atoms with Crippen LogP contribution in [-0.2, 0) is 9.05 Å². The van der Waals surface area contributed by atoms with Gasteiger partial charge in [0, 0.05) is 10.7 Å². The Labute approximate surface area is 98.8 Å². The SMILES string of the molecule is Cc1ccc(C#N)cc1OCCS(=O)(=O)Cl. The third kappa shape index (κ3) is 4.09. The lowest BCUT2D eigenvalue weighted by Gasteiger charge is -2.07. The summed E-state index contributed by atoms with van der Waals surface area (Å²) in [4.78, 5) is 0. The van der Waals surface area contributed by atoms with E-state index in [0.717, 1.165) is 5.56 Å². The first-order chi connectivity index (χ1) is 7.42. The molecule has 0 N–H and O–H groups in total. The molecule has 1 aromatic rings. The second-order valence-electron chi connectivity index (χ2n) is 3.18. The van der Waals surface area contributed by atoms with E-state index in [-0.39, 0.29) is 12.4 Å². The smallest absolute Gasteiger partial charge is 0.235 e. The van der Waals surface area contributed by atoms with Crippen molar-refractivity contribution in [3.05, 3.63) is 29.3 Å². The zero-order chi connectivity index (χ0) is 12.2. The van der Waals surface area contributed by atoms with E-state index in [0.29, 0.717) is 11.3 Å². The molecule has 0 aliphatic rings. The van der Waals surface area contributed by atoms with Crippen LogP contribution in [0.4, 0.5) is 0 Å². The first kappa shape index (κ1) is 12.8. The quantitative estimate of drug-likeness (QED) is 0.774. The molecule has 0 unspecified atom stereocenters. The van der Waals surface area contributed by atoms with Crippen molar-refractivity contribution in [2.24, 2.45) is 0 Å². The molecular formula is C10H10ClNO3S. The summed E-state index contributed by atoms with van der Waals surface area (Å²) in [5, 5.41) is 8.69. The van der Waals surface area contributed by atoms with Gasteiger partial charge in [-0.3, -0.25) is 0 Å². The molecular weight excluding hydrogens is 250 g/mol. The molecule has 1 rings (SSSR count). The Morgan fingerprint density at radius 1 is 1.50 bits per heavy atom. The maximum absolute atomic E-state index is 10.7. The van der Waals surface area contributed by atoms with Gasteiger partial charge in [0.05, 0.1) is 17.4 Å². The van der Waals surface area contributed by atoms with Gasteiger partial charge in [-0.1, -0.05) is 6.07 Å². The molecule has 0 atom stereocenters. The fourth-order valence-corrected chi connectivity index (χ4v) is 1.55. The first-order valence-electron chi connectivity index (χ1n) is 4.48. The molecule has 0 spiro atoms. The zero-order valence-electron chi connectivity index (χ0n) is 8.60. The van der Waals surface area contributed by atoms with Gasteiger partial charge in [-0.15, -0.1) is 0 Å². The zero-order valence-corrected chi connectivity index (χ0v) is 10.2. The summed E-state index contributed by atoms with van der Waals surface area (Å²) in [6.07, 6.45) is 0. The van der Waals surface area contributed by atoms with Crippen LogP contribution in [0.2, 0.25) is 0 Å². The maximum Gasteiger partial charge on any atom is 0.235 e. The van der Waals surface area contributed by atoms with Gasteiger partial charge < -0.3 is 4.74 Å². The minimum Gasteiger partial charge on any atom is -0.492 e. The van der Waals surface area contributed by atoms with E-state index in [1.54, 1.807) is 18.2 Å². The summed E-state index contributed by atoms with van der Waals surface area (Å²) in [6.45, 7) is 1.78. The van der Waals surface area contributed by atoms with Crippen molar-refractivity contribution in [1.29, 1.82) is 5.26 Å². The molecule has 0 amide bonds. The topological polar surface area (TPSA) is 67.2 Å². The van der Waals surface area contributed by atoms with E-state index in [1.165, 1.54) is 0 Å². The van der Waals surface area contributed by atoms with Crippen LogP contribution in [0.3, 0.4) is 0 Å². The predicted molar refractivity (Wildman–Crippen MR) is 61.0 cm³/mol. The fraction of sp³-hybridized carbons (Fsp3) is 0.300. The largest absolute Gasteiger partial charge is 0.492 e. The minimum absolute atomic E-state index is 0.0262. The lowest BCUT2D eigenvalue weighted by atomic mass is 10.1. The van der Waals surface area contributed by atoms with Crippen molar-refractivity contribution < 1.29 is 13.2 Å². The van der Waals surface area contributed by atoms with E-state index >= 15 is 0 Å².